The lowest BCUT2D eigenvalue weighted by Crippen LogP contribution is -2.41. The second kappa shape index (κ2) is 7.24. The van der Waals surface area contributed by atoms with E-state index in [0.29, 0.717) is 25.3 Å². The number of hydrogen-bond donors (Lipinski definition) is 2. The van der Waals surface area contributed by atoms with Crippen molar-refractivity contribution in [2.75, 3.05) is 19.6 Å². The first kappa shape index (κ1) is 14.8. The molecule has 0 saturated heterocycles. The molecule has 0 bridgehead atoms. The molecule has 1 aliphatic carbocycles. The minimum absolute atomic E-state index is 0.0209. The summed E-state index contributed by atoms with van der Waals surface area (Å²) in [4.78, 5) is 24.3. The molecule has 0 aromatic rings. The van der Waals surface area contributed by atoms with Crippen LogP contribution in [0.5, 0.6) is 0 Å². The zero-order chi connectivity index (χ0) is 13.5. The molecule has 1 fully saturated rings. The predicted octanol–water partition coefficient (Wildman–Crippen LogP) is 1.93. The zero-order valence-corrected chi connectivity index (χ0v) is 11.3. The highest BCUT2D eigenvalue weighted by Gasteiger charge is 2.25. The van der Waals surface area contributed by atoms with Gasteiger partial charge in [-0.25, -0.2) is 4.79 Å². The topological polar surface area (TPSA) is 69.6 Å². The second-order valence-corrected chi connectivity index (χ2v) is 5.10. The highest BCUT2D eigenvalue weighted by molar-refractivity contribution is 5.74. The van der Waals surface area contributed by atoms with Crippen LogP contribution in [0.25, 0.3) is 0 Å². The number of urea groups is 1. The highest BCUT2D eigenvalue weighted by atomic mass is 16.4. The quantitative estimate of drug-likeness (QED) is 0.652. The predicted molar refractivity (Wildman–Crippen MR) is 69.4 cm³/mol. The van der Waals surface area contributed by atoms with Gasteiger partial charge >= 0.3 is 12.0 Å². The van der Waals surface area contributed by atoms with Gasteiger partial charge in [0.25, 0.3) is 0 Å². The van der Waals surface area contributed by atoms with E-state index in [1.165, 1.54) is 12.8 Å². The molecule has 18 heavy (non-hydrogen) atoms. The fourth-order valence-corrected chi connectivity index (χ4v) is 1.81. The van der Waals surface area contributed by atoms with Crippen LogP contribution in [0.4, 0.5) is 4.79 Å². The van der Waals surface area contributed by atoms with Gasteiger partial charge in [-0.15, -0.1) is 0 Å². The van der Waals surface area contributed by atoms with Crippen molar-refractivity contribution in [3.8, 4) is 0 Å². The van der Waals surface area contributed by atoms with Crippen LogP contribution in [0.3, 0.4) is 0 Å². The summed E-state index contributed by atoms with van der Waals surface area (Å²) in [6, 6.07) is -0.0209. The van der Waals surface area contributed by atoms with Crippen LogP contribution in [0.15, 0.2) is 0 Å². The molecule has 2 amide bonds. The number of carboxylic acid groups (broad SMARTS) is 1. The van der Waals surface area contributed by atoms with Crippen LogP contribution < -0.4 is 5.32 Å². The second-order valence-electron chi connectivity index (χ2n) is 5.10. The average molecular weight is 256 g/mol. The fourth-order valence-electron chi connectivity index (χ4n) is 1.81. The van der Waals surface area contributed by atoms with Crippen LogP contribution in [0.1, 0.15) is 39.5 Å². The average Bonchev–Trinajstić information content (AvgIpc) is 3.14. The summed E-state index contributed by atoms with van der Waals surface area (Å²) < 4.78 is 0. The van der Waals surface area contributed by atoms with Crippen LogP contribution in [-0.4, -0.2) is 41.6 Å². The van der Waals surface area contributed by atoms with E-state index in [9.17, 15) is 9.59 Å². The molecular weight excluding hydrogens is 232 g/mol. The molecular formula is C13H24N2O3. The van der Waals surface area contributed by atoms with E-state index in [-0.39, 0.29) is 11.9 Å². The Morgan fingerprint density at radius 1 is 1.44 bits per heavy atom. The Hall–Kier alpha value is -1.26. The van der Waals surface area contributed by atoms with Crippen molar-refractivity contribution in [2.24, 2.45) is 11.8 Å². The minimum atomic E-state index is -0.773. The summed E-state index contributed by atoms with van der Waals surface area (Å²) in [5, 5.41) is 11.6. The van der Waals surface area contributed by atoms with Gasteiger partial charge in [-0.2, -0.15) is 0 Å². The van der Waals surface area contributed by atoms with Crippen LogP contribution in [0, 0.1) is 11.8 Å². The summed E-state index contributed by atoms with van der Waals surface area (Å²) in [6.45, 7) is 5.81. The van der Waals surface area contributed by atoms with Crippen molar-refractivity contribution in [1.29, 1.82) is 0 Å². The molecule has 0 aromatic carbocycles. The van der Waals surface area contributed by atoms with Crippen molar-refractivity contribution in [3.05, 3.63) is 0 Å². The molecule has 1 unspecified atom stereocenters. The number of carbonyl (C=O) groups is 2. The number of aliphatic carboxylic acids is 1. The molecule has 1 rings (SSSR count). The fraction of sp³-hybridized carbons (Fsp3) is 0.846. The maximum Gasteiger partial charge on any atom is 0.317 e. The van der Waals surface area contributed by atoms with Gasteiger partial charge in [0, 0.05) is 19.6 Å². The van der Waals surface area contributed by atoms with Crippen LogP contribution in [-0.2, 0) is 4.79 Å². The lowest BCUT2D eigenvalue weighted by atomic mass is 10.1. The molecule has 1 aliphatic rings. The van der Waals surface area contributed by atoms with E-state index >= 15 is 0 Å². The molecule has 0 aromatic heterocycles. The third-order valence-corrected chi connectivity index (χ3v) is 3.36. The number of nitrogens with zero attached hydrogens (tertiary/aromatic N) is 1. The van der Waals surface area contributed by atoms with Crippen LogP contribution >= 0.6 is 0 Å². The molecule has 0 heterocycles. The molecule has 0 radical (unpaired) electrons. The van der Waals surface area contributed by atoms with Gasteiger partial charge in [0.2, 0.25) is 0 Å². The summed E-state index contributed by atoms with van der Waals surface area (Å²) in [7, 11) is 0. The van der Waals surface area contributed by atoms with E-state index in [1.807, 2.05) is 11.8 Å². The number of amides is 2. The number of nitrogens with one attached hydrogen (secondary N) is 1. The van der Waals surface area contributed by atoms with Crippen LogP contribution in [0.2, 0.25) is 0 Å². The van der Waals surface area contributed by atoms with Crippen molar-refractivity contribution in [1.82, 2.24) is 10.2 Å². The SMILES string of the molecule is CCN(CC1CC1)C(=O)NCCCC(C)C(=O)O. The first-order chi connectivity index (χ1) is 8.54. The van der Waals surface area contributed by atoms with E-state index < -0.39 is 5.97 Å². The molecule has 5 nitrogen and oxygen atoms in total. The molecule has 1 atom stereocenters. The van der Waals surface area contributed by atoms with E-state index in [4.69, 9.17) is 5.11 Å². The molecule has 0 aliphatic heterocycles. The van der Waals surface area contributed by atoms with E-state index in [2.05, 4.69) is 5.32 Å². The zero-order valence-electron chi connectivity index (χ0n) is 11.3. The van der Waals surface area contributed by atoms with Gasteiger partial charge in [0.15, 0.2) is 0 Å². The van der Waals surface area contributed by atoms with Crippen molar-refractivity contribution < 1.29 is 14.7 Å². The Morgan fingerprint density at radius 2 is 2.11 bits per heavy atom. The Labute approximate surface area is 109 Å². The summed E-state index contributed by atoms with van der Waals surface area (Å²) in [5.74, 6) is -0.413. The summed E-state index contributed by atoms with van der Waals surface area (Å²) in [6.07, 6.45) is 3.78. The maximum atomic E-state index is 11.8. The summed E-state index contributed by atoms with van der Waals surface area (Å²) >= 11 is 0. The van der Waals surface area contributed by atoms with Gasteiger partial charge in [-0.3, -0.25) is 4.79 Å². The monoisotopic (exact) mass is 256 g/mol. The van der Waals surface area contributed by atoms with Gasteiger partial charge in [-0.1, -0.05) is 6.92 Å². The maximum absolute atomic E-state index is 11.8. The van der Waals surface area contributed by atoms with Gasteiger partial charge in [0.05, 0.1) is 5.92 Å². The van der Waals surface area contributed by atoms with E-state index in [0.717, 1.165) is 13.1 Å². The summed E-state index contributed by atoms with van der Waals surface area (Å²) in [5.41, 5.74) is 0. The molecule has 104 valence electrons. The number of carbonyl (C=O) groups excluding carboxylic acids is 1. The van der Waals surface area contributed by atoms with Gasteiger partial charge in [-0.05, 0) is 38.5 Å². The number of rotatable bonds is 8. The Bertz CT molecular complexity index is 290. The normalized spacial score (nSPS) is 16.1. The number of carboxylic acids is 1. The minimum Gasteiger partial charge on any atom is -0.481 e. The third kappa shape index (κ3) is 5.38. The van der Waals surface area contributed by atoms with Crippen molar-refractivity contribution >= 4 is 12.0 Å². The van der Waals surface area contributed by atoms with Gasteiger partial charge in [0.1, 0.15) is 0 Å². The molecule has 1 saturated carbocycles. The lowest BCUT2D eigenvalue weighted by Gasteiger charge is -2.21. The lowest BCUT2D eigenvalue weighted by molar-refractivity contribution is -0.141. The molecule has 0 spiro atoms. The van der Waals surface area contributed by atoms with Crippen molar-refractivity contribution in [2.45, 2.75) is 39.5 Å². The Morgan fingerprint density at radius 3 is 2.61 bits per heavy atom. The molecule has 2 N–H and O–H groups in total. The highest BCUT2D eigenvalue weighted by Crippen LogP contribution is 2.29. The third-order valence-electron chi connectivity index (χ3n) is 3.36. The standard InChI is InChI=1S/C13H24N2O3/c1-3-15(9-11-6-7-11)13(18)14-8-4-5-10(2)12(16)17/h10-11H,3-9H2,1-2H3,(H,14,18)(H,16,17). The first-order valence-electron chi connectivity index (χ1n) is 6.80. The first-order valence-corrected chi connectivity index (χ1v) is 6.80. The smallest absolute Gasteiger partial charge is 0.317 e. The van der Waals surface area contributed by atoms with E-state index in [1.54, 1.807) is 6.92 Å². The Balaban J connectivity index is 2.12. The molecule has 5 heteroatoms. The van der Waals surface area contributed by atoms with Crippen molar-refractivity contribution in [3.63, 3.8) is 0 Å². The van der Waals surface area contributed by atoms with Gasteiger partial charge < -0.3 is 15.3 Å². The Kier molecular flexibility index (Phi) is 5.95. The largest absolute Gasteiger partial charge is 0.481 e. The number of hydrogen-bond acceptors (Lipinski definition) is 2.